The smallest absolute Gasteiger partial charge is 0.128 e. The lowest BCUT2D eigenvalue weighted by molar-refractivity contribution is 0.282. The first kappa shape index (κ1) is 16.6. The Labute approximate surface area is 142 Å². The SMILES string of the molecule is COc1c(C)cnc(C[S@](=O)c2nc3cc(CO)ccc3[n-]2)c1C. The molecule has 0 aliphatic rings. The van der Waals surface area contributed by atoms with Gasteiger partial charge in [0.25, 0.3) is 0 Å². The molecule has 2 aromatic heterocycles. The van der Waals surface area contributed by atoms with Crippen LogP contribution in [0.4, 0.5) is 0 Å². The molecule has 0 spiro atoms. The molecule has 0 saturated heterocycles. The van der Waals surface area contributed by atoms with Crippen LogP contribution in [0.1, 0.15) is 22.4 Å². The minimum Gasteiger partial charge on any atom is -0.496 e. The highest BCUT2D eigenvalue weighted by Gasteiger charge is 2.12. The number of aliphatic hydroxyl groups is 1. The number of nitrogens with zero attached hydrogens (tertiary/aromatic N) is 3. The molecule has 24 heavy (non-hydrogen) atoms. The molecular weight excluding hydrogens is 326 g/mol. The number of aliphatic hydroxyl groups excluding tert-OH is 1. The maximum Gasteiger partial charge on any atom is 0.128 e. The van der Waals surface area contributed by atoms with Crippen LogP contribution >= 0.6 is 0 Å². The molecule has 1 aromatic carbocycles. The summed E-state index contributed by atoms with van der Waals surface area (Å²) in [6.07, 6.45) is 1.72. The molecule has 0 radical (unpaired) electrons. The van der Waals surface area contributed by atoms with Crippen LogP contribution in [0.5, 0.6) is 5.75 Å². The molecule has 0 fully saturated rings. The predicted molar refractivity (Wildman–Crippen MR) is 91.4 cm³/mol. The van der Waals surface area contributed by atoms with Crippen molar-refractivity contribution in [1.82, 2.24) is 15.0 Å². The van der Waals surface area contributed by atoms with E-state index in [0.29, 0.717) is 16.7 Å². The molecule has 126 valence electrons. The fourth-order valence-electron chi connectivity index (χ4n) is 2.59. The van der Waals surface area contributed by atoms with Crippen molar-refractivity contribution in [2.75, 3.05) is 7.11 Å². The van der Waals surface area contributed by atoms with E-state index in [-0.39, 0.29) is 17.5 Å². The zero-order valence-corrected chi connectivity index (χ0v) is 14.6. The standard InChI is InChI=1S/C17H18N3O3S/c1-10-7-18-15(11(2)16(10)23-3)9-24(22)17-19-13-5-4-12(8-21)6-14(13)20-17/h4-7,21H,8-9H2,1-3H3/q-1/t24-/m0/s1. The molecule has 0 saturated carbocycles. The molecule has 0 amide bonds. The van der Waals surface area contributed by atoms with Crippen molar-refractivity contribution in [3.63, 3.8) is 0 Å². The van der Waals surface area contributed by atoms with E-state index in [2.05, 4.69) is 15.0 Å². The van der Waals surface area contributed by atoms with Crippen LogP contribution in [0.3, 0.4) is 0 Å². The first-order chi connectivity index (χ1) is 11.5. The second kappa shape index (κ2) is 6.70. The lowest BCUT2D eigenvalue weighted by Gasteiger charge is -2.12. The second-order valence-corrected chi connectivity index (χ2v) is 6.87. The van der Waals surface area contributed by atoms with Crippen molar-refractivity contribution in [1.29, 1.82) is 0 Å². The third-order valence-corrected chi connectivity index (χ3v) is 5.00. The number of imidazole rings is 1. The molecule has 3 rings (SSSR count). The second-order valence-electron chi connectivity index (χ2n) is 5.52. The Morgan fingerprint density at radius 2 is 2.12 bits per heavy atom. The Morgan fingerprint density at radius 3 is 2.83 bits per heavy atom. The maximum absolute atomic E-state index is 12.6. The fraction of sp³-hybridized carbons (Fsp3) is 0.294. The monoisotopic (exact) mass is 344 g/mol. The summed E-state index contributed by atoms with van der Waals surface area (Å²) >= 11 is 0. The van der Waals surface area contributed by atoms with Crippen molar-refractivity contribution in [3.8, 4) is 5.75 Å². The van der Waals surface area contributed by atoms with Crippen LogP contribution in [0.2, 0.25) is 0 Å². The molecule has 6 nitrogen and oxygen atoms in total. The summed E-state index contributed by atoms with van der Waals surface area (Å²) in [6, 6.07) is 5.30. The van der Waals surface area contributed by atoms with Gasteiger partial charge in [-0.1, -0.05) is 18.2 Å². The Morgan fingerprint density at radius 1 is 1.33 bits per heavy atom. The first-order valence-electron chi connectivity index (χ1n) is 7.45. The molecule has 1 N–H and O–H groups in total. The van der Waals surface area contributed by atoms with Gasteiger partial charge in [0.15, 0.2) is 0 Å². The Kier molecular flexibility index (Phi) is 4.64. The number of aromatic nitrogens is 3. The minimum absolute atomic E-state index is 0.0620. The summed E-state index contributed by atoms with van der Waals surface area (Å²) in [5, 5.41) is 9.46. The number of hydrogen-bond donors (Lipinski definition) is 1. The highest BCUT2D eigenvalue weighted by Crippen LogP contribution is 2.25. The van der Waals surface area contributed by atoms with Crippen LogP contribution in [-0.4, -0.2) is 26.4 Å². The fourth-order valence-corrected chi connectivity index (χ4v) is 3.66. The van der Waals surface area contributed by atoms with Crippen molar-refractivity contribution < 1.29 is 14.1 Å². The van der Waals surface area contributed by atoms with Gasteiger partial charge in [0, 0.05) is 22.5 Å². The average Bonchev–Trinajstić information content (AvgIpc) is 3.01. The van der Waals surface area contributed by atoms with Crippen molar-refractivity contribution in [3.05, 3.63) is 46.8 Å². The molecule has 3 aromatic rings. The summed E-state index contributed by atoms with van der Waals surface area (Å²) in [7, 11) is 0.207. The van der Waals surface area contributed by atoms with Crippen LogP contribution in [0.25, 0.3) is 11.0 Å². The third kappa shape index (κ3) is 3.05. The van der Waals surface area contributed by atoms with Gasteiger partial charge in [-0.3, -0.25) is 9.19 Å². The summed E-state index contributed by atoms with van der Waals surface area (Å²) in [5.74, 6) is 0.990. The van der Waals surface area contributed by atoms with Gasteiger partial charge in [0.1, 0.15) is 5.75 Å². The van der Waals surface area contributed by atoms with Gasteiger partial charge in [-0.15, -0.1) is 0 Å². The van der Waals surface area contributed by atoms with Crippen LogP contribution in [0.15, 0.2) is 29.6 Å². The molecule has 7 heteroatoms. The van der Waals surface area contributed by atoms with Crippen LogP contribution < -0.4 is 9.72 Å². The Bertz CT molecular complexity index is 921. The largest absolute Gasteiger partial charge is 0.496 e. The van der Waals surface area contributed by atoms with Gasteiger partial charge < -0.3 is 19.8 Å². The van der Waals surface area contributed by atoms with Gasteiger partial charge in [0.05, 0.1) is 36.0 Å². The van der Waals surface area contributed by atoms with Crippen molar-refractivity contribution in [2.24, 2.45) is 0 Å². The number of rotatable bonds is 5. The van der Waals surface area contributed by atoms with E-state index in [1.165, 1.54) is 0 Å². The lowest BCUT2D eigenvalue weighted by Crippen LogP contribution is -2.05. The van der Waals surface area contributed by atoms with Crippen molar-refractivity contribution in [2.45, 2.75) is 31.4 Å². The quantitative estimate of drug-likeness (QED) is 0.762. The van der Waals surface area contributed by atoms with Gasteiger partial charge in [-0.25, -0.2) is 0 Å². The molecule has 0 unspecified atom stereocenters. The van der Waals surface area contributed by atoms with Crippen molar-refractivity contribution >= 4 is 21.8 Å². The number of hydrogen-bond acceptors (Lipinski definition) is 5. The number of methoxy groups -OCH3 is 1. The number of pyridine rings is 1. The maximum atomic E-state index is 12.6. The van der Waals surface area contributed by atoms with Gasteiger partial charge in [-0.05, 0) is 30.4 Å². The van der Waals surface area contributed by atoms with Crippen LogP contribution in [0, 0.1) is 13.8 Å². The normalized spacial score (nSPS) is 12.5. The summed E-state index contributed by atoms with van der Waals surface area (Å²) in [6.45, 7) is 3.76. The van der Waals surface area contributed by atoms with E-state index in [0.717, 1.165) is 22.4 Å². The van der Waals surface area contributed by atoms with E-state index in [9.17, 15) is 9.32 Å². The topological polar surface area (TPSA) is 86.4 Å². The highest BCUT2D eigenvalue weighted by molar-refractivity contribution is 7.84. The van der Waals surface area contributed by atoms with E-state index in [1.807, 2.05) is 13.8 Å². The molecule has 1 atom stereocenters. The third-order valence-electron chi connectivity index (χ3n) is 3.88. The number of aryl methyl sites for hydroxylation is 1. The zero-order chi connectivity index (χ0) is 17.3. The molecule has 0 aliphatic carbocycles. The number of fused-ring (bicyclic) bond motifs is 1. The van der Waals surface area contributed by atoms with E-state index in [1.54, 1.807) is 31.5 Å². The van der Waals surface area contributed by atoms with E-state index >= 15 is 0 Å². The lowest BCUT2D eigenvalue weighted by atomic mass is 10.1. The summed E-state index contributed by atoms with van der Waals surface area (Å²) in [5.41, 5.74) is 4.58. The Balaban J connectivity index is 1.90. The molecule has 0 bridgehead atoms. The summed E-state index contributed by atoms with van der Waals surface area (Å²) in [4.78, 5) is 13.0. The first-order valence-corrected chi connectivity index (χ1v) is 8.77. The van der Waals surface area contributed by atoms with Gasteiger partial charge in [0.2, 0.25) is 0 Å². The van der Waals surface area contributed by atoms with E-state index < -0.39 is 10.8 Å². The minimum atomic E-state index is -1.41. The predicted octanol–water partition coefficient (Wildman–Crippen LogP) is 2.01. The zero-order valence-electron chi connectivity index (χ0n) is 13.7. The molecule has 0 aliphatic heterocycles. The summed E-state index contributed by atoms with van der Waals surface area (Å²) < 4.78 is 18.0. The van der Waals surface area contributed by atoms with Crippen LogP contribution in [-0.2, 0) is 23.2 Å². The number of ether oxygens (including phenoxy) is 1. The Hall–Kier alpha value is -2.25. The highest BCUT2D eigenvalue weighted by atomic mass is 32.2. The molecular formula is C17H18N3O3S-. The van der Waals surface area contributed by atoms with Gasteiger partial charge >= 0.3 is 0 Å². The molecule has 2 heterocycles. The average molecular weight is 344 g/mol. The number of benzene rings is 1. The van der Waals surface area contributed by atoms with E-state index in [4.69, 9.17) is 4.74 Å². The van der Waals surface area contributed by atoms with Gasteiger partial charge in [-0.2, -0.15) is 0 Å².